The first-order valence-corrected chi connectivity index (χ1v) is 16.4. The molecule has 4 rings (SSSR count). The standard InChI is InChI=1S/C13H7ClF3NO3S.C7H3Cl2FO3S.C6H5F2N/c14-22(20,21)12-5-7(1-3-10(12)16)13(19)18-8-2-4-9(15)11(17)6-8;8-7(11)4-1-2-5(10)6(3-4)14(9,12)13;7-5-2-1-4(9)3-6(5)8/h1-6H,(H,18,19);1-3H;1-3H,9H2. The van der Waals surface area contributed by atoms with Gasteiger partial charge < -0.3 is 11.1 Å². The van der Waals surface area contributed by atoms with E-state index in [0.717, 1.165) is 66.7 Å². The monoisotopic (exact) mass is 734 g/mol. The highest BCUT2D eigenvalue weighted by Gasteiger charge is 2.20. The molecule has 0 radical (unpaired) electrons. The molecule has 0 atom stereocenters. The van der Waals surface area contributed by atoms with Crippen molar-refractivity contribution in [1.82, 2.24) is 0 Å². The van der Waals surface area contributed by atoms with Crippen molar-refractivity contribution in [2.24, 2.45) is 0 Å². The number of nitrogen functional groups attached to an aromatic ring is 1. The molecule has 3 N–H and O–H groups in total. The fourth-order valence-electron chi connectivity index (χ4n) is 2.93. The van der Waals surface area contributed by atoms with E-state index in [4.69, 9.17) is 38.7 Å². The summed E-state index contributed by atoms with van der Waals surface area (Å²) in [7, 11) is 1.40. The van der Waals surface area contributed by atoms with Crippen molar-refractivity contribution in [1.29, 1.82) is 0 Å². The molecular weight excluding hydrogens is 721 g/mol. The first-order valence-electron chi connectivity index (χ1n) is 11.4. The minimum absolute atomic E-state index is 0.0523. The molecule has 8 nitrogen and oxygen atoms in total. The van der Waals surface area contributed by atoms with Gasteiger partial charge in [0, 0.05) is 49.9 Å². The Balaban J connectivity index is 0.000000261. The van der Waals surface area contributed by atoms with Crippen molar-refractivity contribution in [2.75, 3.05) is 11.1 Å². The van der Waals surface area contributed by atoms with Crippen LogP contribution in [0.2, 0.25) is 0 Å². The Morgan fingerprint density at radius 2 is 1.00 bits per heavy atom. The third-order valence-electron chi connectivity index (χ3n) is 5.00. The van der Waals surface area contributed by atoms with Gasteiger partial charge >= 0.3 is 0 Å². The van der Waals surface area contributed by atoms with Crippen molar-refractivity contribution >= 4 is 73.6 Å². The van der Waals surface area contributed by atoms with Gasteiger partial charge in [-0.15, -0.1) is 0 Å². The Bertz CT molecular complexity index is 1980. The van der Waals surface area contributed by atoms with Crippen LogP contribution in [-0.2, 0) is 18.1 Å². The summed E-state index contributed by atoms with van der Waals surface area (Å²) < 4.78 is 120. The van der Waals surface area contributed by atoms with E-state index in [9.17, 15) is 52.8 Å². The third-order valence-corrected chi connectivity index (χ3v) is 7.89. The molecule has 0 fully saturated rings. The minimum Gasteiger partial charge on any atom is -0.399 e. The Morgan fingerprint density at radius 1 is 0.578 bits per heavy atom. The lowest BCUT2D eigenvalue weighted by atomic mass is 10.2. The summed E-state index contributed by atoms with van der Waals surface area (Å²) in [5.74, 6) is -7.01. The molecule has 0 aliphatic carbocycles. The van der Waals surface area contributed by atoms with Gasteiger partial charge in [-0.1, -0.05) is 0 Å². The van der Waals surface area contributed by atoms with Gasteiger partial charge in [-0.3, -0.25) is 9.59 Å². The summed E-state index contributed by atoms with van der Waals surface area (Å²) in [6.07, 6.45) is 0. The maximum atomic E-state index is 13.4. The number of amides is 1. The number of nitrogens with two attached hydrogens (primary N) is 1. The second-order valence-corrected chi connectivity index (χ2v) is 13.6. The zero-order valence-electron chi connectivity index (χ0n) is 21.7. The van der Waals surface area contributed by atoms with E-state index >= 15 is 0 Å². The molecule has 0 aliphatic heterocycles. The highest BCUT2D eigenvalue weighted by molar-refractivity contribution is 8.14. The summed E-state index contributed by atoms with van der Waals surface area (Å²) in [4.78, 5) is 20.9. The Labute approximate surface area is 265 Å². The van der Waals surface area contributed by atoms with Gasteiger partial charge in [0.15, 0.2) is 23.3 Å². The molecule has 0 saturated heterocycles. The van der Waals surface area contributed by atoms with Crippen molar-refractivity contribution < 1.29 is 52.8 Å². The van der Waals surface area contributed by atoms with Crippen LogP contribution in [0.15, 0.2) is 82.6 Å². The SMILES string of the molecule is Nc1ccc(F)c(F)c1.O=C(Cl)c1ccc(F)c(S(=O)(=O)Cl)c1.O=C(Nc1ccc(F)c(F)c1)c1ccc(F)c(S(=O)(=O)Cl)c1. The number of nitrogens with one attached hydrogen (secondary N) is 1. The van der Waals surface area contributed by atoms with Crippen LogP contribution in [0.3, 0.4) is 0 Å². The molecule has 1 amide bonds. The quantitative estimate of drug-likeness (QED) is 0.128. The van der Waals surface area contributed by atoms with Crippen molar-refractivity contribution in [3.05, 3.63) is 119 Å². The Morgan fingerprint density at radius 3 is 1.42 bits per heavy atom. The first-order chi connectivity index (χ1) is 20.7. The average molecular weight is 736 g/mol. The topological polar surface area (TPSA) is 140 Å². The van der Waals surface area contributed by atoms with Crippen LogP contribution in [0.1, 0.15) is 20.7 Å². The number of carbonyl (C=O) groups is 2. The number of hydrogen-bond acceptors (Lipinski definition) is 7. The predicted molar refractivity (Wildman–Crippen MR) is 154 cm³/mol. The number of halogens is 9. The minimum atomic E-state index is -4.37. The molecule has 0 bridgehead atoms. The summed E-state index contributed by atoms with van der Waals surface area (Å²) in [6.45, 7) is 0. The highest BCUT2D eigenvalue weighted by Crippen LogP contribution is 2.22. The van der Waals surface area contributed by atoms with Crippen LogP contribution < -0.4 is 11.1 Å². The van der Waals surface area contributed by atoms with E-state index in [1.807, 2.05) is 0 Å². The Hall–Kier alpha value is -3.83. The van der Waals surface area contributed by atoms with Gasteiger partial charge in [-0.2, -0.15) is 0 Å². The zero-order valence-corrected chi connectivity index (χ0v) is 25.6. The van der Waals surface area contributed by atoms with Gasteiger partial charge in [0.25, 0.3) is 29.3 Å². The van der Waals surface area contributed by atoms with E-state index in [-0.39, 0.29) is 22.5 Å². The number of anilines is 2. The third kappa shape index (κ3) is 11.2. The van der Waals surface area contributed by atoms with E-state index < -0.39 is 73.9 Å². The van der Waals surface area contributed by atoms with E-state index in [1.54, 1.807) is 0 Å². The van der Waals surface area contributed by atoms with Gasteiger partial charge in [-0.25, -0.2) is 43.2 Å². The van der Waals surface area contributed by atoms with Crippen LogP contribution >= 0.6 is 33.0 Å². The predicted octanol–water partition coefficient (Wildman–Crippen LogP) is 6.96. The summed E-state index contributed by atoms with van der Waals surface area (Å²) >= 11 is 5.08. The largest absolute Gasteiger partial charge is 0.399 e. The Kier molecular flexibility index (Phi) is 12.8. The summed E-state index contributed by atoms with van der Waals surface area (Å²) in [5.41, 5.74) is 4.95. The fraction of sp³-hybridized carbons (Fsp3) is 0. The maximum absolute atomic E-state index is 13.4. The van der Waals surface area contributed by atoms with E-state index in [1.165, 1.54) is 6.07 Å². The molecule has 0 heterocycles. The second kappa shape index (κ2) is 15.4. The summed E-state index contributed by atoms with van der Waals surface area (Å²) in [5, 5.41) is 1.34. The molecule has 0 spiro atoms. The molecule has 0 saturated carbocycles. The summed E-state index contributed by atoms with van der Waals surface area (Å²) in [6, 6.07) is 11.1. The van der Waals surface area contributed by atoms with Crippen LogP contribution in [0.25, 0.3) is 0 Å². The molecule has 4 aromatic rings. The van der Waals surface area contributed by atoms with Crippen molar-refractivity contribution in [3.63, 3.8) is 0 Å². The highest BCUT2D eigenvalue weighted by atomic mass is 35.7. The first kappa shape index (κ1) is 37.4. The molecular formula is C26H15Cl3F6N2O6S2. The van der Waals surface area contributed by atoms with E-state index in [0.29, 0.717) is 0 Å². The molecule has 0 aromatic heterocycles. The number of rotatable bonds is 5. The maximum Gasteiger partial charge on any atom is 0.264 e. The van der Waals surface area contributed by atoms with Gasteiger partial charge in [0.2, 0.25) is 0 Å². The molecule has 4 aromatic carbocycles. The van der Waals surface area contributed by atoms with Crippen LogP contribution in [0.4, 0.5) is 37.7 Å². The lowest BCUT2D eigenvalue weighted by molar-refractivity contribution is 0.102. The average Bonchev–Trinajstić information content (AvgIpc) is 2.93. The van der Waals surface area contributed by atoms with Gasteiger partial charge in [0.05, 0.1) is 0 Å². The van der Waals surface area contributed by atoms with Crippen molar-refractivity contribution in [3.8, 4) is 0 Å². The molecule has 240 valence electrons. The second-order valence-electron chi connectivity index (χ2n) is 8.20. The zero-order chi connectivity index (χ0) is 34.3. The van der Waals surface area contributed by atoms with Crippen LogP contribution in [-0.4, -0.2) is 28.0 Å². The molecule has 0 aliphatic rings. The van der Waals surface area contributed by atoms with E-state index in [2.05, 4.69) is 5.32 Å². The van der Waals surface area contributed by atoms with Crippen molar-refractivity contribution in [2.45, 2.75) is 9.79 Å². The van der Waals surface area contributed by atoms with Crippen LogP contribution in [0.5, 0.6) is 0 Å². The van der Waals surface area contributed by atoms with Gasteiger partial charge in [0.1, 0.15) is 21.4 Å². The van der Waals surface area contributed by atoms with Crippen LogP contribution in [0, 0.1) is 34.9 Å². The number of carbonyl (C=O) groups excluding carboxylic acids is 2. The molecule has 0 unspecified atom stereocenters. The fourth-order valence-corrected chi connectivity index (χ4v) is 4.90. The lowest BCUT2D eigenvalue weighted by Crippen LogP contribution is -2.13. The number of hydrogen-bond donors (Lipinski definition) is 2. The number of benzene rings is 4. The lowest BCUT2D eigenvalue weighted by Gasteiger charge is -2.07. The smallest absolute Gasteiger partial charge is 0.264 e. The normalized spacial score (nSPS) is 11.0. The molecule has 19 heteroatoms. The van der Waals surface area contributed by atoms with Gasteiger partial charge in [-0.05, 0) is 78.3 Å². The molecule has 45 heavy (non-hydrogen) atoms.